The summed E-state index contributed by atoms with van der Waals surface area (Å²) in [6.07, 6.45) is 3.07. The number of nitrogens with zero attached hydrogens (tertiary/aromatic N) is 1. The zero-order valence-electron chi connectivity index (χ0n) is 12.1. The van der Waals surface area contributed by atoms with Crippen LogP contribution in [0, 0.1) is 11.3 Å². The Kier molecular flexibility index (Phi) is 6.00. The van der Waals surface area contributed by atoms with E-state index in [2.05, 4.69) is 11.4 Å². The van der Waals surface area contributed by atoms with E-state index < -0.39 is 6.10 Å². The summed E-state index contributed by atoms with van der Waals surface area (Å²) in [6, 6.07) is 9.41. The van der Waals surface area contributed by atoms with Crippen LogP contribution < -0.4 is 10.1 Å². The zero-order chi connectivity index (χ0) is 15.1. The van der Waals surface area contributed by atoms with Crippen molar-refractivity contribution >= 4 is 0 Å². The zero-order valence-corrected chi connectivity index (χ0v) is 12.1. The van der Waals surface area contributed by atoms with Crippen molar-refractivity contribution in [1.29, 1.82) is 5.26 Å². The van der Waals surface area contributed by atoms with Gasteiger partial charge in [0.25, 0.3) is 0 Å². The first-order chi connectivity index (χ1) is 10.2. The average Bonchev–Trinajstić information content (AvgIpc) is 2.53. The quantitative estimate of drug-likeness (QED) is 0.696. The summed E-state index contributed by atoms with van der Waals surface area (Å²) in [4.78, 5) is 0. The van der Waals surface area contributed by atoms with Gasteiger partial charge in [-0.1, -0.05) is 0 Å². The van der Waals surface area contributed by atoms with Gasteiger partial charge >= 0.3 is 0 Å². The van der Waals surface area contributed by atoms with Gasteiger partial charge in [0.2, 0.25) is 0 Å². The number of hydrogen-bond donors (Lipinski definition) is 3. The molecular weight excluding hydrogens is 268 g/mol. The molecule has 4 N–H and O–H groups in total. The molecule has 5 heteroatoms. The van der Waals surface area contributed by atoms with Crippen LogP contribution in [0.3, 0.4) is 0 Å². The highest BCUT2D eigenvalue weighted by molar-refractivity contribution is 5.34. The van der Waals surface area contributed by atoms with E-state index in [1.165, 1.54) is 0 Å². The number of benzene rings is 1. The molecule has 114 valence electrons. The van der Waals surface area contributed by atoms with Crippen LogP contribution in [0.1, 0.15) is 31.2 Å². The summed E-state index contributed by atoms with van der Waals surface area (Å²) < 4.78 is 5.50. The fourth-order valence-electron chi connectivity index (χ4n) is 2.57. The van der Waals surface area contributed by atoms with Gasteiger partial charge in [0, 0.05) is 12.8 Å². The van der Waals surface area contributed by atoms with E-state index in [4.69, 9.17) is 10.00 Å². The van der Waals surface area contributed by atoms with Crippen LogP contribution in [-0.4, -0.2) is 41.6 Å². The van der Waals surface area contributed by atoms with E-state index >= 15 is 0 Å². The molecule has 0 aromatic heterocycles. The van der Waals surface area contributed by atoms with Crippen LogP contribution in [-0.2, 0) is 0 Å². The van der Waals surface area contributed by atoms with E-state index in [1.54, 1.807) is 24.3 Å². The van der Waals surface area contributed by atoms with Gasteiger partial charge < -0.3 is 20.3 Å². The Bertz CT molecular complexity index is 461. The molecule has 0 heterocycles. The van der Waals surface area contributed by atoms with Crippen molar-refractivity contribution in [3.05, 3.63) is 29.8 Å². The number of rotatable bonds is 6. The predicted octanol–water partition coefficient (Wildman–Crippen LogP) is 0.165. The fourth-order valence-corrected chi connectivity index (χ4v) is 2.57. The third-order valence-corrected chi connectivity index (χ3v) is 3.91. The maximum Gasteiger partial charge on any atom is 0.137 e. The Hall–Kier alpha value is -1.61. The molecule has 1 aromatic rings. The van der Waals surface area contributed by atoms with E-state index in [9.17, 15) is 10.2 Å². The molecule has 1 aliphatic rings. The summed E-state index contributed by atoms with van der Waals surface area (Å²) >= 11 is 0. The number of ether oxygens (including phenoxy) is 1. The molecule has 1 aromatic carbocycles. The molecule has 1 fully saturated rings. The Morgan fingerprint density at radius 2 is 1.90 bits per heavy atom. The molecule has 21 heavy (non-hydrogen) atoms. The van der Waals surface area contributed by atoms with E-state index in [1.807, 2.05) is 0 Å². The van der Waals surface area contributed by atoms with Gasteiger partial charge in [-0.2, -0.15) is 5.26 Å². The molecule has 0 radical (unpaired) electrons. The Balaban J connectivity index is 1.65. The van der Waals surface area contributed by atoms with Crippen molar-refractivity contribution in [1.82, 2.24) is 0 Å². The number of nitriles is 1. The predicted molar refractivity (Wildman–Crippen MR) is 77.7 cm³/mol. The van der Waals surface area contributed by atoms with Crippen molar-refractivity contribution in [2.75, 3.05) is 13.2 Å². The number of nitrogens with two attached hydrogens (primary N) is 1. The Labute approximate surface area is 125 Å². The van der Waals surface area contributed by atoms with Crippen LogP contribution in [0.4, 0.5) is 0 Å². The third kappa shape index (κ3) is 5.35. The van der Waals surface area contributed by atoms with Gasteiger partial charge in [-0.05, 0) is 37.1 Å². The van der Waals surface area contributed by atoms with Crippen LogP contribution in [0.2, 0.25) is 0 Å². The van der Waals surface area contributed by atoms with Gasteiger partial charge in [0.15, 0.2) is 0 Å². The Morgan fingerprint density at radius 1 is 1.24 bits per heavy atom. The molecule has 1 saturated carbocycles. The van der Waals surface area contributed by atoms with Crippen molar-refractivity contribution in [2.45, 2.75) is 43.9 Å². The highest BCUT2D eigenvalue weighted by Crippen LogP contribution is 2.15. The topological polar surface area (TPSA) is 90.1 Å². The summed E-state index contributed by atoms with van der Waals surface area (Å²) in [7, 11) is 0. The molecule has 0 spiro atoms. The lowest BCUT2D eigenvalue weighted by molar-refractivity contribution is -0.697. The van der Waals surface area contributed by atoms with Crippen molar-refractivity contribution in [2.24, 2.45) is 0 Å². The average molecular weight is 291 g/mol. The standard InChI is InChI=1S/C16H22N2O3/c17-9-12-1-7-16(8-2-12)21-11-15(20)10-18-13-3-5-14(19)6-4-13/h1-2,7-8,13-15,18-20H,3-6,10-11H2/p+1/t13?,14?,15-/m0/s1. The van der Waals surface area contributed by atoms with Crippen LogP contribution >= 0.6 is 0 Å². The monoisotopic (exact) mass is 291 g/mol. The summed E-state index contributed by atoms with van der Waals surface area (Å²) in [5.74, 6) is 0.661. The molecule has 1 atom stereocenters. The third-order valence-electron chi connectivity index (χ3n) is 3.91. The van der Waals surface area contributed by atoms with Crippen LogP contribution in [0.15, 0.2) is 24.3 Å². The number of aliphatic hydroxyl groups excluding tert-OH is 2. The van der Waals surface area contributed by atoms with Crippen LogP contribution in [0.25, 0.3) is 0 Å². The lowest BCUT2D eigenvalue weighted by Gasteiger charge is -2.24. The van der Waals surface area contributed by atoms with Gasteiger partial charge in [0.05, 0.1) is 23.8 Å². The molecule has 0 saturated heterocycles. The van der Waals surface area contributed by atoms with Gasteiger partial charge in [-0.15, -0.1) is 0 Å². The first-order valence-corrected chi connectivity index (χ1v) is 7.50. The minimum atomic E-state index is -0.521. The molecule has 1 aliphatic carbocycles. The van der Waals surface area contributed by atoms with Crippen molar-refractivity contribution in [3.8, 4) is 11.8 Å². The molecule has 5 nitrogen and oxygen atoms in total. The second kappa shape index (κ2) is 7.99. The second-order valence-electron chi connectivity index (χ2n) is 5.64. The van der Waals surface area contributed by atoms with E-state index in [0.717, 1.165) is 25.7 Å². The largest absolute Gasteiger partial charge is 0.491 e. The van der Waals surface area contributed by atoms with E-state index in [0.29, 0.717) is 23.9 Å². The van der Waals surface area contributed by atoms with Gasteiger partial charge in [0.1, 0.15) is 25.0 Å². The molecule has 0 unspecified atom stereocenters. The lowest BCUT2D eigenvalue weighted by Crippen LogP contribution is -2.92. The fraction of sp³-hybridized carbons (Fsp3) is 0.562. The van der Waals surface area contributed by atoms with Gasteiger partial charge in [-0.3, -0.25) is 0 Å². The molecule has 0 amide bonds. The highest BCUT2D eigenvalue weighted by Gasteiger charge is 2.22. The summed E-state index contributed by atoms with van der Waals surface area (Å²) in [5.41, 5.74) is 0.593. The Morgan fingerprint density at radius 3 is 2.52 bits per heavy atom. The van der Waals surface area contributed by atoms with Gasteiger partial charge in [-0.25, -0.2) is 0 Å². The second-order valence-corrected chi connectivity index (χ2v) is 5.64. The summed E-state index contributed by atoms with van der Waals surface area (Å²) in [6.45, 7) is 0.856. The number of aliphatic hydroxyl groups is 2. The summed E-state index contributed by atoms with van der Waals surface area (Å²) in [5, 5.41) is 30.2. The molecule has 2 rings (SSSR count). The lowest BCUT2D eigenvalue weighted by atomic mass is 9.93. The van der Waals surface area contributed by atoms with E-state index in [-0.39, 0.29) is 12.7 Å². The first-order valence-electron chi connectivity index (χ1n) is 7.50. The molecular formula is C16H23N2O3+. The minimum Gasteiger partial charge on any atom is -0.491 e. The molecule has 0 bridgehead atoms. The normalized spacial score (nSPS) is 23.3. The maximum atomic E-state index is 9.94. The first kappa shape index (κ1) is 15.8. The smallest absolute Gasteiger partial charge is 0.137 e. The SMILES string of the molecule is N#Cc1ccc(OC[C@@H](O)C[NH2+]C2CCC(O)CC2)cc1. The number of hydrogen-bond acceptors (Lipinski definition) is 4. The van der Waals surface area contributed by atoms with Crippen molar-refractivity contribution in [3.63, 3.8) is 0 Å². The minimum absolute atomic E-state index is 0.140. The van der Waals surface area contributed by atoms with Crippen LogP contribution in [0.5, 0.6) is 5.75 Å². The number of quaternary nitrogens is 1. The molecule has 0 aliphatic heterocycles. The highest BCUT2D eigenvalue weighted by atomic mass is 16.5. The van der Waals surface area contributed by atoms with Crippen molar-refractivity contribution < 1.29 is 20.3 Å². The maximum absolute atomic E-state index is 9.94.